The molecule has 0 aromatic heterocycles. The summed E-state index contributed by atoms with van der Waals surface area (Å²) in [6, 6.07) is 0. The summed E-state index contributed by atoms with van der Waals surface area (Å²) in [7, 11) is -1.38. The van der Waals surface area contributed by atoms with Crippen LogP contribution in [0.3, 0.4) is 0 Å². The smallest absolute Gasteiger partial charge is 0.331 e. The van der Waals surface area contributed by atoms with Crippen LogP contribution in [0, 0.1) is 0 Å². The lowest BCUT2D eigenvalue weighted by Gasteiger charge is -1.92. The minimum atomic E-state index is -2.66. The lowest BCUT2D eigenvalue weighted by molar-refractivity contribution is -0.144. The van der Waals surface area contributed by atoms with Crippen LogP contribution in [0.15, 0.2) is 0 Å². The summed E-state index contributed by atoms with van der Waals surface area (Å²) in [6.45, 7) is -0.335. The Hall–Kier alpha value is -0.570. The molecule has 0 spiro atoms. The predicted molar refractivity (Wildman–Crippen MR) is 23.9 cm³/mol. The lowest BCUT2D eigenvalue weighted by Crippen LogP contribution is -2.07. The molecule has 0 unspecified atom stereocenters. The number of ether oxygens (including phenoxy) is 2. The van der Waals surface area contributed by atoms with E-state index in [0.717, 1.165) is 0 Å². The third-order valence-electron chi connectivity index (χ3n) is 0.376. The second-order valence-electron chi connectivity index (χ2n) is 0.907. The maximum absolute atomic E-state index is 10.4. The van der Waals surface area contributed by atoms with E-state index >= 15 is 0 Å². The van der Waals surface area contributed by atoms with Crippen LogP contribution in [-0.2, 0) is 14.3 Å². The van der Waals surface area contributed by atoms with Crippen LogP contribution >= 0.6 is 0 Å². The third-order valence-corrected chi connectivity index (χ3v) is 0.376. The number of methoxy groups -OCH3 is 2. The Kier molecular flexibility index (Phi) is 1.38. The quantitative estimate of drug-likeness (QED) is 0.459. The van der Waals surface area contributed by atoms with E-state index in [1.807, 2.05) is 0 Å². The van der Waals surface area contributed by atoms with Crippen molar-refractivity contribution in [3.63, 3.8) is 0 Å². The van der Waals surface area contributed by atoms with Gasteiger partial charge in [0.2, 0.25) is 0 Å². The molecular weight excluding hydrogens is 96.0 g/mol. The fourth-order valence-corrected chi connectivity index (χ4v) is 0.147. The van der Waals surface area contributed by atoms with Crippen LogP contribution < -0.4 is 0 Å². The van der Waals surface area contributed by atoms with E-state index in [1.165, 1.54) is 7.11 Å². The van der Waals surface area contributed by atoms with E-state index in [4.69, 9.17) is 4.11 Å². The monoisotopic (exact) mass is 107 g/mol. The summed E-state index contributed by atoms with van der Waals surface area (Å²) in [5.41, 5.74) is 0. The summed E-state index contributed by atoms with van der Waals surface area (Å²) in [6.07, 6.45) is 0. The van der Waals surface area contributed by atoms with Crippen LogP contribution in [0.5, 0.6) is 0 Å². The molecule has 0 saturated carbocycles. The summed E-state index contributed by atoms with van der Waals surface area (Å²) in [5, 5.41) is 0. The van der Waals surface area contributed by atoms with E-state index in [1.54, 1.807) is 0 Å². The van der Waals surface area contributed by atoms with E-state index in [9.17, 15) is 4.79 Å². The predicted octanol–water partition coefficient (Wildman–Crippen LogP) is -0.194. The van der Waals surface area contributed by atoms with Crippen molar-refractivity contribution in [2.24, 2.45) is 0 Å². The highest BCUT2D eigenvalue weighted by Gasteiger charge is 1.93. The molecule has 7 heavy (non-hydrogen) atoms. The van der Waals surface area contributed by atoms with Crippen molar-refractivity contribution in [1.29, 1.82) is 0 Å². The SMILES string of the molecule is [2H]C([2H])([2H])OC(=O)COC. The summed E-state index contributed by atoms with van der Waals surface area (Å²) in [5.74, 6) is -0.887. The largest absolute Gasteiger partial charge is 0.467 e. The van der Waals surface area contributed by atoms with Crippen molar-refractivity contribution in [2.75, 3.05) is 20.8 Å². The van der Waals surface area contributed by atoms with Crippen molar-refractivity contribution in [1.82, 2.24) is 0 Å². The molecule has 0 atom stereocenters. The van der Waals surface area contributed by atoms with Gasteiger partial charge in [-0.05, 0) is 0 Å². The molecule has 0 bridgehead atoms. The molecule has 0 fully saturated rings. The summed E-state index contributed by atoms with van der Waals surface area (Å²) in [4.78, 5) is 10.4. The van der Waals surface area contributed by atoms with Crippen molar-refractivity contribution in [2.45, 2.75) is 0 Å². The molecule has 0 aromatic rings. The molecule has 0 radical (unpaired) electrons. The van der Waals surface area contributed by atoms with Gasteiger partial charge in [-0.3, -0.25) is 0 Å². The van der Waals surface area contributed by atoms with Crippen molar-refractivity contribution in [3.05, 3.63) is 0 Å². The summed E-state index contributed by atoms with van der Waals surface area (Å²) < 4.78 is 27.7. The molecule has 3 nitrogen and oxygen atoms in total. The highest BCUT2D eigenvalue weighted by Crippen LogP contribution is 1.70. The van der Waals surface area contributed by atoms with Gasteiger partial charge in [-0.15, -0.1) is 0 Å². The molecule has 0 N–H and O–H groups in total. The van der Waals surface area contributed by atoms with Crippen molar-refractivity contribution < 1.29 is 18.4 Å². The second kappa shape index (κ2) is 3.61. The van der Waals surface area contributed by atoms with Crippen molar-refractivity contribution >= 4 is 5.97 Å². The molecule has 0 amide bonds. The Morgan fingerprint density at radius 2 is 2.71 bits per heavy atom. The highest BCUT2D eigenvalue weighted by atomic mass is 16.6. The van der Waals surface area contributed by atoms with Crippen LogP contribution in [0.1, 0.15) is 4.11 Å². The van der Waals surface area contributed by atoms with Gasteiger partial charge in [0.1, 0.15) is 6.61 Å². The van der Waals surface area contributed by atoms with Crippen LogP contribution in [0.25, 0.3) is 0 Å². The fraction of sp³-hybridized carbons (Fsp3) is 0.750. The van der Waals surface area contributed by atoms with Gasteiger partial charge < -0.3 is 9.47 Å². The Labute approximate surface area is 46.4 Å². The zero-order valence-corrected chi connectivity index (χ0v) is 3.93. The zero-order valence-electron chi connectivity index (χ0n) is 6.93. The van der Waals surface area contributed by atoms with Gasteiger partial charge in [0.15, 0.2) is 0 Å². The molecule has 0 aliphatic heterocycles. The molecule has 3 heteroatoms. The standard InChI is InChI=1S/C4H8O3/c1-6-3-4(5)7-2/h3H2,1-2H3/i2D3. The Morgan fingerprint density at radius 3 is 3.14 bits per heavy atom. The second-order valence-corrected chi connectivity index (χ2v) is 0.907. The van der Waals surface area contributed by atoms with Gasteiger partial charge in [-0.1, -0.05) is 0 Å². The Morgan fingerprint density at radius 1 is 2.00 bits per heavy atom. The molecular formula is C4H8O3. The number of carbonyl (C=O) groups is 1. The van der Waals surface area contributed by atoms with Crippen LogP contribution in [0.4, 0.5) is 0 Å². The first-order chi connectivity index (χ1) is 4.45. The maximum Gasteiger partial charge on any atom is 0.331 e. The molecule has 0 aliphatic rings. The number of hydrogen-bond donors (Lipinski definition) is 0. The number of rotatable bonds is 2. The first-order valence-electron chi connectivity index (χ1n) is 3.16. The van der Waals surface area contributed by atoms with E-state index in [0.29, 0.717) is 0 Å². The van der Waals surface area contributed by atoms with Gasteiger partial charge >= 0.3 is 5.97 Å². The lowest BCUT2D eigenvalue weighted by atomic mass is 10.7. The van der Waals surface area contributed by atoms with Crippen LogP contribution in [0.2, 0.25) is 0 Å². The molecule has 0 rings (SSSR count). The normalized spacial score (nSPS) is 16.4. The number of esters is 1. The van der Waals surface area contributed by atoms with E-state index < -0.39 is 13.0 Å². The average molecular weight is 107 g/mol. The van der Waals surface area contributed by atoms with Crippen LogP contribution in [-0.4, -0.2) is 26.7 Å². The zero-order chi connectivity index (χ0) is 8.20. The third kappa shape index (κ3) is 3.26. The molecule has 42 valence electrons. The van der Waals surface area contributed by atoms with Gasteiger partial charge in [-0.25, -0.2) is 4.79 Å². The highest BCUT2D eigenvalue weighted by molar-refractivity contribution is 5.70. The molecule has 0 heterocycles. The topological polar surface area (TPSA) is 35.5 Å². The maximum atomic E-state index is 10.4. The molecule has 0 aromatic carbocycles. The minimum absolute atomic E-state index is 0.335. The molecule has 0 saturated heterocycles. The van der Waals surface area contributed by atoms with Gasteiger partial charge in [-0.2, -0.15) is 0 Å². The minimum Gasteiger partial charge on any atom is -0.467 e. The Balaban J connectivity index is 3.58. The Bertz CT molecular complexity index is 119. The summed E-state index contributed by atoms with van der Waals surface area (Å²) >= 11 is 0. The van der Waals surface area contributed by atoms with E-state index in [2.05, 4.69) is 9.47 Å². The number of carbonyl (C=O) groups excluding carboxylic acids is 1. The average Bonchev–Trinajstić information content (AvgIpc) is 1.59. The first kappa shape index (κ1) is 2.67. The van der Waals surface area contributed by atoms with Gasteiger partial charge in [0.25, 0.3) is 0 Å². The number of hydrogen-bond acceptors (Lipinski definition) is 3. The molecule has 0 aliphatic carbocycles. The van der Waals surface area contributed by atoms with Crippen molar-refractivity contribution in [3.8, 4) is 0 Å². The van der Waals surface area contributed by atoms with E-state index in [-0.39, 0.29) is 6.61 Å². The fourth-order valence-electron chi connectivity index (χ4n) is 0.147. The van der Waals surface area contributed by atoms with Gasteiger partial charge in [0.05, 0.1) is 11.2 Å². The first-order valence-corrected chi connectivity index (χ1v) is 1.66. The van der Waals surface area contributed by atoms with Gasteiger partial charge in [0, 0.05) is 7.11 Å².